The van der Waals surface area contributed by atoms with Gasteiger partial charge in [0.15, 0.2) is 5.82 Å². The molecule has 0 aliphatic rings. The highest BCUT2D eigenvalue weighted by Crippen LogP contribution is 2.33. The molecule has 0 bridgehead atoms. The molecule has 0 amide bonds. The monoisotopic (exact) mass is 565 g/mol. The number of aromatic hydroxyl groups is 1. The molecule has 1 aromatic heterocycles. The Balaban J connectivity index is 1.94. The molecule has 3 aromatic carbocycles. The molecule has 0 saturated heterocycles. The Labute approximate surface area is 196 Å². The van der Waals surface area contributed by atoms with Crippen LogP contribution in [0.1, 0.15) is 11.1 Å². The largest absolute Gasteiger partial charge is 0.506 e. The lowest BCUT2D eigenvalue weighted by molar-refractivity contribution is -0.137. The predicted octanol–water partition coefficient (Wildman–Crippen LogP) is 6.20. The Bertz CT molecular complexity index is 1410. The number of phenolic OH excluding ortho intramolecular Hbond substituents is 1. The molecule has 0 unspecified atom stereocenters. The summed E-state index contributed by atoms with van der Waals surface area (Å²) in [5, 5.41) is 14.4. The number of para-hydroxylation sites is 1. The molecule has 0 radical (unpaired) electrons. The van der Waals surface area contributed by atoms with Crippen molar-refractivity contribution >= 4 is 49.0 Å². The van der Waals surface area contributed by atoms with Crippen molar-refractivity contribution in [2.24, 2.45) is 5.10 Å². The van der Waals surface area contributed by atoms with E-state index in [9.17, 15) is 23.1 Å². The van der Waals surface area contributed by atoms with Crippen molar-refractivity contribution in [1.29, 1.82) is 0 Å². The minimum atomic E-state index is -4.55. The predicted molar refractivity (Wildman–Crippen MR) is 123 cm³/mol. The van der Waals surface area contributed by atoms with Gasteiger partial charge in [0.05, 0.1) is 31.6 Å². The summed E-state index contributed by atoms with van der Waals surface area (Å²) in [6, 6.07) is 14.2. The quantitative estimate of drug-likeness (QED) is 0.300. The lowest BCUT2D eigenvalue weighted by atomic mass is 10.1. The summed E-state index contributed by atoms with van der Waals surface area (Å²) in [6.45, 7) is 0. The highest BCUT2D eigenvalue weighted by atomic mass is 79.9. The molecule has 1 heterocycles. The van der Waals surface area contributed by atoms with E-state index < -0.39 is 17.3 Å². The zero-order valence-corrected chi connectivity index (χ0v) is 19.1. The number of hydrogen-bond donors (Lipinski definition) is 1. The zero-order chi connectivity index (χ0) is 23.0. The van der Waals surface area contributed by atoms with Crippen LogP contribution in [0.4, 0.5) is 13.2 Å². The summed E-state index contributed by atoms with van der Waals surface area (Å²) in [4.78, 5) is 17.6. The van der Waals surface area contributed by atoms with E-state index in [4.69, 9.17) is 0 Å². The van der Waals surface area contributed by atoms with Gasteiger partial charge in [0, 0.05) is 5.56 Å². The Morgan fingerprint density at radius 2 is 1.69 bits per heavy atom. The fourth-order valence-electron chi connectivity index (χ4n) is 3.04. The van der Waals surface area contributed by atoms with Crippen molar-refractivity contribution in [3.63, 3.8) is 0 Å². The van der Waals surface area contributed by atoms with Crippen LogP contribution in [-0.4, -0.2) is 21.0 Å². The van der Waals surface area contributed by atoms with Gasteiger partial charge in [-0.1, -0.05) is 24.3 Å². The van der Waals surface area contributed by atoms with Crippen molar-refractivity contribution < 1.29 is 18.3 Å². The lowest BCUT2D eigenvalue weighted by Gasteiger charge is -2.12. The number of hydrogen-bond acceptors (Lipinski definition) is 4. The number of benzene rings is 3. The van der Waals surface area contributed by atoms with Crippen LogP contribution < -0.4 is 5.56 Å². The average Bonchev–Trinajstić information content (AvgIpc) is 2.76. The second kappa shape index (κ2) is 8.51. The third-order valence-electron chi connectivity index (χ3n) is 4.56. The first-order chi connectivity index (χ1) is 15.1. The summed E-state index contributed by atoms with van der Waals surface area (Å²) < 4.78 is 41.5. The lowest BCUT2D eigenvalue weighted by Crippen LogP contribution is -2.20. The van der Waals surface area contributed by atoms with Crippen LogP contribution in [0, 0.1) is 0 Å². The molecule has 10 heteroatoms. The van der Waals surface area contributed by atoms with Crippen LogP contribution in [0.2, 0.25) is 0 Å². The molecule has 0 fully saturated rings. The topological polar surface area (TPSA) is 67.5 Å². The fraction of sp³-hybridized carbons (Fsp3) is 0.0455. The number of nitrogens with zero attached hydrogens (tertiary/aromatic N) is 3. The van der Waals surface area contributed by atoms with Gasteiger partial charge in [0.25, 0.3) is 5.56 Å². The van der Waals surface area contributed by atoms with E-state index in [1.54, 1.807) is 36.4 Å². The number of halogens is 5. The third-order valence-corrected chi connectivity index (χ3v) is 5.77. The van der Waals surface area contributed by atoms with E-state index in [-0.39, 0.29) is 22.5 Å². The standard InChI is InChI=1S/C22H12Br2F3N3O2/c23-16-8-12(9-17(24)19(16)31)11-28-30-20(13-4-3-5-14(10-13)22(25,26)27)29-18-7-2-1-6-15(18)21(30)32/h1-11,31H. The van der Waals surface area contributed by atoms with Crippen LogP contribution >= 0.6 is 31.9 Å². The molecule has 0 aliphatic heterocycles. The maximum absolute atomic E-state index is 13.2. The van der Waals surface area contributed by atoms with E-state index in [2.05, 4.69) is 41.9 Å². The summed E-state index contributed by atoms with van der Waals surface area (Å²) in [5.41, 5.74) is -0.438. The normalized spacial score (nSPS) is 12.0. The number of alkyl halides is 3. The number of fused-ring (bicyclic) bond motifs is 1. The Morgan fingerprint density at radius 3 is 2.38 bits per heavy atom. The summed E-state index contributed by atoms with van der Waals surface area (Å²) >= 11 is 6.44. The molecular weight excluding hydrogens is 555 g/mol. The fourth-order valence-corrected chi connectivity index (χ4v) is 4.26. The molecule has 0 spiro atoms. The first-order valence-electron chi connectivity index (χ1n) is 9.07. The molecule has 0 saturated carbocycles. The molecular formula is C22H12Br2F3N3O2. The van der Waals surface area contributed by atoms with Gasteiger partial charge in [-0.2, -0.15) is 22.9 Å². The molecule has 0 aliphatic carbocycles. The average molecular weight is 567 g/mol. The van der Waals surface area contributed by atoms with Crippen LogP contribution in [-0.2, 0) is 6.18 Å². The van der Waals surface area contributed by atoms with Gasteiger partial charge in [-0.25, -0.2) is 4.98 Å². The zero-order valence-electron chi connectivity index (χ0n) is 15.9. The second-order valence-corrected chi connectivity index (χ2v) is 8.43. The maximum atomic E-state index is 13.2. The number of phenols is 1. The van der Waals surface area contributed by atoms with Crippen LogP contribution in [0.3, 0.4) is 0 Å². The van der Waals surface area contributed by atoms with Gasteiger partial charge in [-0.05, 0) is 73.8 Å². The van der Waals surface area contributed by atoms with Crippen molar-refractivity contribution in [2.75, 3.05) is 0 Å². The van der Waals surface area contributed by atoms with E-state index in [0.29, 0.717) is 20.0 Å². The van der Waals surface area contributed by atoms with Crippen molar-refractivity contribution in [3.8, 4) is 17.1 Å². The van der Waals surface area contributed by atoms with Crippen LogP contribution in [0.5, 0.6) is 5.75 Å². The molecule has 32 heavy (non-hydrogen) atoms. The summed E-state index contributed by atoms with van der Waals surface area (Å²) in [5.74, 6) is -0.0377. The first-order valence-corrected chi connectivity index (χ1v) is 10.7. The van der Waals surface area contributed by atoms with Crippen molar-refractivity contribution in [3.05, 3.63) is 91.1 Å². The highest BCUT2D eigenvalue weighted by Gasteiger charge is 2.31. The molecule has 0 atom stereocenters. The van der Waals surface area contributed by atoms with E-state index in [0.717, 1.165) is 16.8 Å². The van der Waals surface area contributed by atoms with E-state index >= 15 is 0 Å². The van der Waals surface area contributed by atoms with Crippen LogP contribution in [0.15, 0.2) is 79.5 Å². The Kier molecular flexibility index (Phi) is 5.91. The van der Waals surface area contributed by atoms with Gasteiger partial charge in [-0.15, -0.1) is 0 Å². The molecule has 1 N–H and O–H groups in total. The number of aromatic nitrogens is 2. The third kappa shape index (κ3) is 4.33. The Hall–Kier alpha value is -2.98. The van der Waals surface area contributed by atoms with Crippen molar-refractivity contribution in [2.45, 2.75) is 6.18 Å². The van der Waals surface area contributed by atoms with Crippen molar-refractivity contribution in [1.82, 2.24) is 9.66 Å². The van der Waals surface area contributed by atoms with Gasteiger partial charge < -0.3 is 5.11 Å². The minimum absolute atomic E-state index is 0.00339. The van der Waals surface area contributed by atoms with Gasteiger partial charge in [-0.3, -0.25) is 4.79 Å². The van der Waals surface area contributed by atoms with Gasteiger partial charge in [0.1, 0.15) is 5.75 Å². The summed E-state index contributed by atoms with van der Waals surface area (Å²) in [6.07, 6.45) is -3.20. The smallest absolute Gasteiger partial charge is 0.416 e. The second-order valence-electron chi connectivity index (χ2n) is 6.73. The summed E-state index contributed by atoms with van der Waals surface area (Å²) in [7, 11) is 0. The molecule has 4 aromatic rings. The highest BCUT2D eigenvalue weighted by molar-refractivity contribution is 9.11. The minimum Gasteiger partial charge on any atom is -0.506 e. The number of rotatable bonds is 3. The first kappa shape index (κ1) is 22.2. The van der Waals surface area contributed by atoms with Gasteiger partial charge in [0.2, 0.25) is 0 Å². The van der Waals surface area contributed by atoms with E-state index in [1.807, 2.05) is 0 Å². The maximum Gasteiger partial charge on any atom is 0.416 e. The molecule has 162 valence electrons. The van der Waals surface area contributed by atoms with Gasteiger partial charge >= 0.3 is 6.18 Å². The molecule has 4 rings (SSSR count). The Morgan fingerprint density at radius 1 is 1.00 bits per heavy atom. The van der Waals surface area contributed by atoms with Crippen LogP contribution in [0.25, 0.3) is 22.3 Å². The van der Waals surface area contributed by atoms with E-state index in [1.165, 1.54) is 18.3 Å². The molecule has 5 nitrogen and oxygen atoms in total. The SMILES string of the molecule is O=c1c2ccccc2nc(-c2cccc(C(F)(F)F)c2)n1N=Cc1cc(Br)c(O)c(Br)c1.